The van der Waals surface area contributed by atoms with E-state index in [1.165, 1.54) is 0 Å². The first-order valence-electron chi connectivity index (χ1n) is 4.44. The van der Waals surface area contributed by atoms with E-state index in [9.17, 15) is 4.79 Å². The van der Waals surface area contributed by atoms with Gasteiger partial charge in [0.25, 0.3) is 0 Å². The van der Waals surface area contributed by atoms with Crippen LogP contribution in [-0.4, -0.2) is 21.2 Å². The number of nitrogens with zero attached hydrogens (tertiary/aromatic N) is 2. The Bertz CT molecular complexity index is 297. The second-order valence-corrected chi connectivity index (χ2v) is 2.85. The Kier molecular flexibility index (Phi) is 3.84. The number of carboxylic acid groups (broad SMARTS) is 1. The molecule has 0 aliphatic heterocycles. The van der Waals surface area contributed by atoms with Crippen molar-refractivity contribution in [2.75, 3.05) is 0 Å². The summed E-state index contributed by atoms with van der Waals surface area (Å²) in [7, 11) is 0. The molecule has 1 aromatic heterocycles. The highest BCUT2D eigenvalue weighted by Gasteiger charge is 2.03. The largest absolute Gasteiger partial charge is 0.513 e. The van der Waals surface area contributed by atoms with Crippen molar-refractivity contribution in [2.45, 2.75) is 26.2 Å². The third-order valence-corrected chi connectivity index (χ3v) is 1.68. The Morgan fingerprint density at radius 2 is 2.14 bits per heavy atom. The van der Waals surface area contributed by atoms with Gasteiger partial charge in [-0.2, -0.15) is 0 Å². The maximum absolute atomic E-state index is 10.1. The first kappa shape index (κ1) is 10.4. The summed E-state index contributed by atoms with van der Waals surface area (Å²) in [6, 6.07) is -0.127. The lowest BCUT2D eigenvalue weighted by Crippen LogP contribution is -2.06. The van der Waals surface area contributed by atoms with E-state index in [4.69, 9.17) is 5.11 Å². The molecule has 5 heteroatoms. The molecule has 1 aromatic rings. The van der Waals surface area contributed by atoms with Gasteiger partial charge in [0, 0.05) is 12.4 Å². The first-order chi connectivity index (χ1) is 6.72. The first-order valence-corrected chi connectivity index (χ1v) is 4.44. The van der Waals surface area contributed by atoms with E-state index in [0.717, 1.165) is 24.8 Å². The average Bonchev–Trinajstić information content (AvgIpc) is 2.16. The summed E-state index contributed by atoms with van der Waals surface area (Å²) in [6.07, 6.45) is 4.85. The minimum Gasteiger partial charge on any atom is -0.449 e. The molecule has 0 atom stereocenters. The van der Waals surface area contributed by atoms with Gasteiger partial charge in [0.15, 0.2) is 0 Å². The van der Waals surface area contributed by atoms with Crippen LogP contribution in [0.3, 0.4) is 0 Å². The molecule has 5 nitrogen and oxygen atoms in total. The van der Waals surface area contributed by atoms with Crippen molar-refractivity contribution in [3.8, 4) is 6.01 Å². The molecule has 0 unspecified atom stereocenters. The van der Waals surface area contributed by atoms with Gasteiger partial charge in [0.1, 0.15) is 0 Å². The molecule has 0 amide bonds. The molecule has 0 saturated heterocycles. The summed E-state index contributed by atoms with van der Waals surface area (Å²) in [4.78, 5) is 17.6. The number of hydrogen-bond donors (Lipinski definition) is 1. The van der Waals surface area contributed by atoms with Crippen molar-refractivity contribution < 1.29 is 14.6 Å². The van der Waals surface area contributed by atoms with Gasteiger partial charge < -0.3 is 9.84 Å². The molecule has 0 aliphatic rings. The highest BCUT2D eigenvalue weighted by Crippen LogP contribution is 2.05. The van der Waals surface area contributed by atoms with Crippen LogP contribution in [-0.2, 0) is 6.42 Å². The molecule has 0 spiro atoms. The molecule has 1 heterocycles. The molecule has 0 radical (unpaired) electrons. The van der Waals surface area contributed by atoms with Gasteiger partial charge in [-0.25, -0.2) is 14.8 Å². The molecular weight excluding hydrogens is 184 g/mol. The minimum atomic E-state index is -1.40. The van der Waals surface area contributed by atoms with E-state index in [-0.39, 0.29) is 6.01 Å². The molecule has 1 N–H and O–H groups in total. The van der Waals surface area contributed by atoms with Gasteiger partial charge in [0.2, 0.25) is 0 Å². The number of ether oxygens (including phenoxy) is 1. The Balaban J connectivity index is 2.54. The van der Waals surface area contributed by atoms with E-state index in [1.54, 1.807) is 12.4 Å². The zero-order chi connectivity index (χ0) is 10.4. The third kappa shape index (κ3) is 3.38. The predicted octanol–water partition coefficient (Wildman–Crippen LogP) is 1.88. The Hall–Kier alpha value is -1.65. The molecule has 0 aromatic carbocycles. The number of rotatable bonds is 4. The predicted molar refractivity (Wildman–Crippen MR) is 49.3 cm³/mol. The van der Waals surface area contributed by atoms with Crippen molar-refractivity contribution in [1.82, 2.24) is 9.97 Å². The summed E-state index contributed by atoms with van der Waals surface area (Å²) >= 11 is 0. The third-order valence-electron chi connectivity index (χ3n) is 1.68. The van der Waals surface area contributed by atoms with Gasteiger partial charge >= 0.3 is 12.2 Å². The van der Waals surface area contributed by atoms with Gasteiger partial charge in [-0.05, 0) is 18.4 Å². The lowest BCUT2D eigenvalue weighted by Gasteiger charge is -1.99. The SMILES string of the molecule is CCCCc1cnc(OC(=O)O)nc1. The van der Waals surface area contributed by atoms with Crippen molar-refractivity contribution in [3.05, 3.63) is 18.0 Å². The number of unbranched alkanes of at least 4 members (excludes halogenated alkanes) is 1. The Morgan fingerprint density at radius 3 is 2.64 bits per heavy atom. The van der Waals surface area contributed by atoms with Crippen LogP contribution >= 0.6 is 0 Å². The fraction of sp³-hybridized carbons (Fsp3) is 0.444. The lowest BCUT2D eigenvalue weighted by molar-refractivity contribution is 0.140. The highest BCUT2D eigenvalue weighted by molar-refractivity contribution is 5.59. The van der Waals surface area contributed by atoms with Crippen molar-refractivity contribution >= 4 is 6.16 Å². The van der Waals surface area contributed by atoms with E-state index in [0.29, 0.717) is 0 Å². The average molecular weight is 196 g/mol. The summed E-state index contributed by atoms with van der Waals surface area (Å²) < 4.78 is 4.27. The van der Waals surface area contributed by atoms with Crippen molar-refractivity contribution in [2.24, 2.45) is 0 Å². The normalized spacial score (nSPS) is 9.79. The molecule has 14 heavy (non-hydrogen) atoms. The number of aromatic nitrogens is 2. The smallest absolute Gasteiger partial charge is 0.449 e. The van der Waals surface area contributed by atoms with Crippen LogP contribution < -0.4 is 4.74 Å². The van der Waals surface area contributed by atoms with E-state index in [2.05, 4.69) is 21.6 Å². The molecule has 0 bridgehead atoms. The molecule has 1 rings (SSSR count). The summed E-state index contributed by atoms with van der Waals surface area (Å²) in [5, 5.41) is 8.28. The van der Waals surface area contributed by atoms with Crippen LogP contribution in [0.25, 0.3) is 0 Å². The lowest BCUT2D eigenvalue weighted by atomic mass is 10.2. The minimum absolute atomic E-state index is 0.127. The van der Waals surface area contributed by atoms with Gasteiger partial charge in [0.05, 0.1) is 0 Å². The topological polar surface area (TPSA) is 72.3 Å². The van der Waals surface area contributed by atoms with Crippen LogP contribution in [0.1, 0.15) is 25.3 Å². The van der Waals surface area contributed by atoms with Crippen molar-refractivity contribution in [1.29, 1.82) is 0 Å². The monoisotopic (exact) mass is 196 g/mol. The van der Waals surface area contributed by atoms with Gasteiger partial charge in [-0.1, -0.05) is 13.3 Å². The standard InChI is InChI=1S/C9H12N2O3/c1-2-3-4-7-5-10-8(11-6-7)14-9(12)13/h5-6H,2-4H2,1H3,(H,12,13). The number of carbonyl (C=O) groups is 1. The number of aryl methyl sites for hydroxylation is 1. The van der Waals surface area contributed by atoms with E-state index in [1.807, 2.05) is 0 Å². The zero-order valence-corrected chi connectivity index (χ0v) is 7.93. The summed E-state index contributed by atoms with van der Waals surface area (Å²) in [5.41, 5.74) is 0.990. The van der Waals surface area contributed by atoms with Gasteiger partial charge in [-0.15, -0.1) is 0 Å². The second-order valence-electron chi connectivity index (χ2n) is 2.85. The maximum atomic E-state index is 10.1. The van der Waals surface area contributed by atoms with Crippen LogP contribution in [0, 0.1) is 0 Å². The quantitative estimate of drug-likeness (QED) is 0.744. The van der Waals surface area contributed by atoms with Crippen molar-refractivity contribution in [3.63, 3.8) is 0 Å². The molecule has 76 valence electrons. The fourth-order valence-corrected chi connectivity index (χ4v) is 0.984. The van der Waals surface area contributed by atoms with Crippen LogP contribution in [0.2, 0.25) is 0 Å². The fourth-order valence-electron chi connectivity index (χ4n) is 0.984. The van der Waals surface area contributed by atoms with E-state index < -0.39 is 6.16 Å². The molecular formula is C9H12N2O3. The van der Waals surface area contributed by atoms with E-state index >= 15 is 0 Å². The van der Waals surface area contributed by atoms with Crippen LogP contribution in [0.5, 0.6) is 6.01 Å². The Morgan fingerprint density at radius 1 is 1.50 bits per heavy atom. The summed E-state index contributed by atoms with van der Waals surface area (Å²) in [5.74, 6) is 0. The zero-order valence-electron chi connectivity index (χ0n) is 7.93. The molecule has 0 fully saturated rings. The highest BCUT2D eigenvalue weighted by atomic mass is 16.7. The Labute approximate surface area is 81.8 Å². The van der Waals surface area contributed by atoms with Crippen LogP contribution in [0.4, 0.5) is 4.79 Å². The molecule has 0 aliphatic carbocycles. The van der Waals surface area contributed by atoms with Gasteiger partial charge in [-0.3, -0.25) is 0 Å². The summed E-state index contributed by atoms with van der Waals surface area (Å²) in [6.45, 7) is 2.10. The van der Waals surface area contributed by atoms with Crippen LogP contribution in [0.15, 0.2) is 12.4 Å². The second kappa shape index (κ2) is 5.16. The number of hydrogen-bond acceptors (Lipinski definition) is 4. The molecule has 0 saturated carbocycles. The maximum Gasteiger partial charge on any atom is 0.513 e.